The number of nitrogens with zero attached hydrogens (tertiary/aromatic N) is 1. The molecule has 0 bridgehead atoms. The van der Waals surface area contributed by atoms with E-state index in [1.54, 1.807) is 7.11 Å². The molecule has 1 unspecified atom stereocenters. The van der Waals surface area contributed by atoms with E-state index < -0.39 is 6.10 Å². The molecule has 0 fully saturated rings. The number of rotatable bonds is 7. The van der Waals surface area contributed by atoms with Crippen molar-refractivity contribution < 1.29 is 14.2 Å². The highest BCUT2D eigenvalue weighted by molar-refractivity contribution is 5.85. The number of ether oxygens (including phenoxy) is 3. The summed E-state index contributed by atoms with van der Waals surface area (Å²) in [6, 6.07) is 23.6. The van der Waals surface area contributed by atoms with Gasteiger partial charge in [-0.25, -0.2) is 4.99 Å². The lowest BCUT2D eigenvalue weighted by atomic mass is 10.2. The van der Waals surface area contributed by atoms with Crippen molar-refractivity contribution >= 4 is 11.6 Å². The van der Waals surface area contributed by atoms with E-state index in [2.05, 4.69) is 19.9 Å². The average molecular weight is 389 g/mol. The average Bonchev–Trinajstić information content (AvgIpc) is 2.75. The molecule has 150 valence electrons. The SMILES string of the molecule is CCc1cccc(OC(=Nc2ccc(C)cc2)C(C)Oc2ccccc2OC)c1. The van der Waals surface area contributed by atoms with Crippen LogP contribution in [0.4, 0.5) is 5.69 Å². The van der Waals surface area contributed by atoms with Crippen molar-refractivity contribution in [3.8, 4) is 17.2 Å². The second-order valence-electron chi connectivity index (χ2n) is 6.80. The van der Waals surface area contributed by atoms with Gasteiger partial charge in [0.2, 0.25) is 5.90 Å². The molecule has 0 aliphatic carbocycles. The van der Waals surface area contributed by atoms with Crippen molar-refractivity contribution in [2.75, 3.05) is 7.11 Å². The Hall–Kier alpha value is -3.27. The van der Waals surface area contributed by atoms with E-state index in [0.717, 1.165) is 17.9 Å². The fraction of sp³-hybridized carbons (Fsp3) is 0.240. The highest BCUT2D eigenvalue weighted by Gasteiger charge is 2.18. The molecule has 0 heterocycles. The Bertz CT molecular complexity index is 964. The highest BCUT2D eigenvalue weighted by Crippen LogP contribution is 2.28. The number of hydrogen-bond donors (Lipinski definition) is 0. The van der Waals surface area contributed by atoms with E-state index in [1.165, 1.54) is 11.1 Å². The van der Waals surface area contributed by atoms with Gasteiger partial charge in [-0.05, 0) is 62.2 Å². The molecule has 29 heavy (non-hydrogen) atoms. The van der Waals surface area contributed by atoms with Crippen LogP contribution in [-0.4, -0.2) is 19.1 Å². The van der Waals surface area contributed by atoms with Crippen molar-refractivity contribution in [3.05, 3.63) is 83.9 Å². The summed E-state index contributed by atoms with van der Waals surface area (Å²) in [5.74, 6) is 2.53. The van der Waals surface area contributed by atoms with Crippen molar-refractivity contribution in [3.63, 3.8) is 0 Å². The van der Waals surface area contributed by atoms with Gasteiger partial charge in [-0.1, -0.05) is 48.9 Å². The molecule has 4 heteroatoms. The van der Waals surface area contributed by atoms with E-state index >= 15 is 0 Å². The van der Waals surface area contributed by atoms with E-state index in [0.29, 0.717) is 17.4 Å². The predicted octanol–water partition coefficient (Wildman–Crippen LogP) is 6.14. The number of hydrogen-bond acceptors (Lipinski definition) is 4. The molecule has 3 aromatic carbocycles. The van der Waals surface area contributed by atoms with Gasteiger partial charge in [0.25, 0.3) is 0 Å². The minimum atomic E-state index is -0.419. The first-order valence-electron chi connectivity index (χ1n) is 9.80. The molecule has 4 nitrogen and oxygen atoms in total. The van der Waals surface area contributed by atoms with Crippen LogP contribution in [0.3, 0.4) is 0 Å². The van der Waals surface area contributed by atoms with Crippen LogP contribution in [-0.2, 0) is 6.42 Å². The summed E-state index contributed by atoms with van der Waals surface area (Å²) in [5, 5.41) is 0. The van der Waals surface area contributed by atoms with E-state index in [1.807, 2.05) is 73.7 Å². The van der Waals surface area contributed by atoms with Crippen LogP contribution in [0.1, 0.15) is 25.0 Å². The number of benzene rings is 3. The number of aliphatic imine (C=N–C) groups is 1. The first-order valence-corrected chi connectivity index (χ1v) is 9.80. The lowest BCUT2D eigenvalue weighted by Crippen LogP contribution is -2.29. The van der Waals surface area contributed by atoms with Gasteiger partial charge in [0.1, 0.15) is 5.75 Å². The third-order valence-electron chi connectivity index (χ3n) is 4.52. The van der Waals surface area contributed by atoms with Gasteiger partial charge in [0, 0.05) is 0 Å². The minimum absolute atomic E-state index is 0.419. The molecule has 0 aliphatic heterocycles. The third kappa shape index (κ3) is 5.61. The van der Waals surface area contributed by atoms with Gasteiger partial charge in [-0.2, -0.15) is 0 Å². The zero-order valence-electron chi connectivity index (χ0n) is 17.4. The van der Waals surface area contributed by atoms with Crippen molar-refractivity contribution in [2.24, 2.45) is 4.99 Å². The second-order valence-corrected chi connectivity index (χ2v) is 6.80. The zero-order chi connectivity index (χ0) is 20.6. The molecule has 0 N–H and O–H groups in total. The summed E-state index contributed by atoms with van der Waals surface area (Å²) in [6.45, 7) is 6.09. The number of aryl methyl sites for hydroxylation is 2. The normalized spacial score (nSPS) is 12.3. The summed E-state index contributed by atoms with van der Waals surface area (Å²) in [7, 11) is 1.63. The monoisotopic (exact) mass is 389 g/mol. The standard InChI is InChI=1S/C25H27NO3/c1-5-20-9-8-10-22(17-20)29-25(26-21-15-13-18(2)14-16-21)19(3)28-24-12-7-6-11-23(24)27-4/h6-17,19H,5H2,1-4H3. The molecule has 0 spiro atoms. The van der Waals surface area contributed by atoms with Crippen LogP contribution in [0.2, 0.25) is 0 Å². The molecule has 0 saturated carbocycles. The molecule has 0 saturated heterocycles. The summed E-state index contributed by atoms with van der Waals surface area (Å²) in [5.41, 5.74) is 3.20. The largest absolute Gasteiger partial charge is 0.493 e. The summed E-state index contributed by atoms with van der Waals surface area (Å²) in [4.78, 5) is 4.73. The molecule has 0 aliphatic rings. The van der Waals surface area contributed by atoms with Crippen LogP contribution in [0, 0.1) is 6.92 Å². The highest BCUT2D eigenvalue weighted by atomic mass is 16.6. The summed E-state index contributed by atoms with van der Waals surface area (Å²) >= 11 is 0. The van der Waals surface area contributed by atoms with Crippen LogP contribution >= 0.6 is 0 Å². The van der Waals surface area contributed by atoms with Crippen molar-refractivity contribution in [2.45, 2.75) is 33.3 Å². The van der Waals surface area contributed by atoms with E-state index in [-0.39, 0.29) is 0 Å². The van der Waals surface area contributed by atoms with Gasteiger partial charge >= 0.3 is 0 Å². The second kappa shape index (κ2) is 9.78. The summed E-state index contributed by atoms with van der Waals surface area (Å²) in [6.07, 6.45) is 0.521. The fourth-order valence-electron chi connectivity index (χ4n) is 2.85. The molecule has 3 rings (SSSR count). The smallest absolute Gasteiger partial charge is 0.236 e. The fourth-order valence-corrected chi connectivity index (χ4v) is 2.85. The molecule has 0 amide bonds. The Morgan fingerprint density at radius 1 is 0.931 bits per heavy atom. The lowest BCUT2D eigenvalue weighted by Gasteiger charge is -2.19. The predicted molar refractivity (Wildman–Crippen MR) is 118 cm³/mol. The molecule has 3 aromatic rings. The Kier molecular flexibility index (Phi) is 6.90. The third-order valence-corrected chi connectivity index (χ3v) is 4.52. The first-order chi connectivity index (χ1) is 14.1. The summed E-state index contributed by atoms with van der Waals surface area (Å²) < 4.78 is 17.7. The van der Waals surface area contributed by atoms with Crippen LogP contribution < -0.4 is 14.2 Å². The maximum absolute atomic E-state index is 6.18. The minimum Gasteiger partial charge on any atom is -0.493 e. The van der Waals surface area contributed by atoms with Gasteiger partial charge in [0.15, 0.2) is 17.6 Å². The maximum atomic E-state index is 6.18. The zero-order valence-corrected chi connectivity index (χ0v) is 17.4. The Morgan fingerprint density at radius 3 is 2.34 bits per heavy atom. The van der Waals surface area contributed by atoms with Gasteiger partial charge < -0.3 is 14.2 Å². The lowest BCUT2D eigenvalue weighted by molar-refractivity contribution is 0.249. The molecule has 1 atom stereocenters. The Balaban J connectivity index is 1.91. The molecular formula is C25H27NO3. The number of para-hydroxylation sites is 2. The van der Waals surface area contributed by atoms with Gasteiger partial charge in [0.05, 0.1) is 12.8 Å². The first kappa shape index (κ1) is 20.5. The van der Waals surface area contributed by atoms with Crippen LogP contribution in [0.5, 0.6) is 17.2 Å². The number of methoxy groups -OCH3 is 1. The van der Waals surface area contributed by atoms with Gasteiger partial charge in [-0.3, -0.25) is 0 Å². The van der Waals surface area contributed by atoms with Gasteiger partial charge in [-0.15, -0.1) is 0 Å². The van der Waals surface area contributed by atoms with Crippen LogP contribution in [0.15, 0.2) is 77.8 Å². The molecule has 0 radical (unpaired) electrons. The molecule has 0 aromatic heterocycles. The van der Waals surface area contributed by atoms with E-state index in [4.69, 9.17) is 19.2 Å². The quantitative estimate of drug-likeness (QED) is 0.360. The molecular weight excluding hydrogens is 362 g/mol. The van der Waals surface area contributed by atoms with E-state index in [9.17, 15) is 0 Å². The van der Waals surface area contributed by atoms with Crippen molar-refractivity contribution in [1.29, 1.82) is 0 Å². The van der Waals surface area contributed by atoms with Crippen LogP contribution in [0.25, 0.3) is 0 Å². The Labute approximate surface area is 172 Å². The maximum Gasteiger partial charge on any atom is 0.236 e. The topological polar surface area (TPSA) is 40.0 Å². The van der Waals surface area contributed by atoms with Crippen molar-refractivity contribution in [1.82, 2.24) is 0 Å². The Morgan fingerprint density at radius 2 is 1.66 bits per heavy atom.